The van der Waals surface area contributed by atoms with Gasteiger partial charge < -0.3 is 18.9 Å². The molecule has 1 amide bonds. The van der Waals surface area contributed by atoms with Crippen LogP contribution in [0.2, 0.25) is 0 Å². The molecule has 0 aromatic heterocycles. The van der Waals surface area contributed by atoms with Crippen LogP contribution in [0.4, 0.5) is 0 Å². The van der Waals surface area contributed by atoms with Crippen molar-refractivity contribution in [1.82, 2.24) is 5.06 Å². The Morgan fingerprint density at radius 3 is 1.27 bits per heavy atom. The number of ether oxygens (including phenoxy) is 4. The number of hydrogen-bond donors (Lipinski definition) is 0. The van der Waals surface area contributed by atoms with E-state index in [1.165, 1.54) is 5.06 Å². The van der Waals surface area contributed by atoms with Gasteiger partial charge in [-0.3, -0.25) is 9.63 Å². The van der Waals surface area contributed by atoms with Gasteiger partial charge in [-0.1, -0.05) is 152 Å². The summed E-state index contributed by atoms with van der Waals surface area (Å²) in [5.41, 5.74) is 4.88. The fourth-order valence-corrected chi connectivity index (χ4v) is 5.71. The summed E-state index contributed by atoms with van der Waals surface area (Å²) in [5, 5.41) is 1.41. The molecule has 7 heteroatoms. The van der Waals surface area contributed by atoms with Crippen molar-refractivity contribution >= 4 is 5.91 Å². The maximum atomic E-state index is 14.5. The van der Waals surface area contributed by atoms with Crippen molar-refractivity contribution in [2.75, 3.05) is 6.61 Å². The minimum Gasteiger partial charge on any atom is -0.374 e. The molecule has 0 unspecified atom stereocenters. The summed E-state index contributed by atoms with van der Waals surface area (Å²) in [6.07, 6.45) is -2.41. The third-order valence-electron chi connectivity index (χ3n) is 8.22. The monoisotopic (exact) mass is 643 g/mol. The number of piperidine rings is 1. The van der Waals surface area contributed by atoms with Crippen molar-refractivity contribution in [3.05, 3.63) is 179 Å². The second-order valence-electron chi connectivity index (χ2n) is 11.7. The van der Waals surface area contributed by atoms with Gasteiger partial charge in [0.2, 0.25) is 0 Å². The lowest BCUT2D eigenvalue weighted by atomic mass is 9.94. The maximum Gasteiger partial charge on any atom is 0.278 e. The van der Waals surface area contributed by atoms with Crippen LogP contribution in [-0.4, -0.2) is 41.9 Å². The third kappa shape index (κ3) is 9.25. The van der Waals surface area contributed by atoms with Crippen LogP contribution in [0.15, 0.2) is 152 Å². The maximum absolute atomic E-state index is 14.5. The molecule has 5 aromatic carbocycles. The zero-order chi connectivity index (χ0) is 32.8. The van der Waals surface area contributed by atoms with Crippen LogP contribution in [-0.2, 0) is 61.6 Å². The number of amides is 1. The first kappa shape index (κ1) is 33.3. The van der Waals surface area contributed by atoms with Gasteiger partial charge in [0.15, 0.2) is 6.10 Å². The molecule has 0 saturated carbocycles. The molecule has 5 aromatic rings. The number of rotatable bonds is 16. The van der Waals surface area contributed by atoms with Gasteiger partial charge in [-0.2, -0.15) is 0 Å². The molecule has 0 bridgehead atoms. The van der Waals surface area contributed by atoms with Crippen molar-refractivity contribution in [2.45, 2.75) is 57.4 Å². The molecular formula is C41H41NO6. The molecule has 0 aliphatic carbocycles. The molecule has 0 spiro atoms. The molecular weight excluding hydrogens is 602 g/mol. The summed E-state index contributed by atoms with van der Waals surface area (Å²) < 4.78 is 26.1. The van der Waals surface area contributed by atoms with Crippen LogP contribution in [0.5, 0.6) is 0 Å². The Morgan fingerprint density at radius 1 is 0.438 bits per heavy atom. The third-order valence-corrected chi connectivity index (χ3v) is 8.22. The molecule has 0 radical (unpaired) electrons. The van der Waals surface area contributed by atoms with Crippen LogP contribution >= 0.6 is 0 Å². The molecule has 1 fully saturated rings. The molecule has 48 heavy (non-hydrogen) atoms. The first-order valence-corrected chi connectivity index (χ1v) is 16.3. The highest BCUT2D eigenvalue weighted by Gasteiger charge is 2.52. The van der Waals surface area contributed by atoms with Crippen molar-refractivity contribution in [2.24, 2.45) is 0 Å². The van der Waals surface area contributed by atoms with Crippen LogP contribution in [0.3, 0.4) is 0 Å². The van der Waals surface area contributed by atoms with Gasteiger partial charge in [0.1, 0.15) is 24.9 Å². The molecule has 0 N–H and O–H groups in total. The van der Waals surface area contributed by atoms with E-state index in [2.05, 4.69) is 0 Å². The van der Waals surface area contributed by atoms with E-state index < -0.39 is 24.4 Å². The number of carbonyl (C=O) groups excluding carboxylic acids is 1. The lowest BCUT2D eigenvalue weighted by molar-refractivity contribution is -0.279. The van der Waals surface area contributed by atoms with Crippen LogP contribution in [0.25, 0.3) is 0 Å². The van der Waals surface area contributed by atoms with Gasteiger partial charge in [0.05, 0.1) is 33.0 Å². The van der Waals surface area contributed by atoms with Crippen molar-refractivity contribution < 1.29 is 28.6 Å². The Balaban J connectivity index is 1.33. The van der Waals surface area contributed by atoms with Crippen molar-refractivity contribution in [1.29, 1.82) is 0 Å². The molecule has 1 aliphatic heterocycles. The molecule has 1 saturated heterocycles. The second kappa shape index (κ2) is 17.5. The fourth-order valence-electron chi connectivity index (χ4n) is 5.71. The smallest absolute Gasteiger partial charge is 0.278 e. The summed E-state index contributed by atoms with van der Waals surface area (Å²) in [6.45, 7) is 1.51. The number of carbonyl (C=O) groups is 1. The van der Waals surface area contributed by atoms with E-state index in [-0.39, 0.29) is 32.3 Å². The highest BCUT2D eigenvalue weighted by molar-refractivity contribution is 5.82. The average molecular weight is 644 g/mol. The normalized spacial score (nSPS) is 19.3. The Labute approximate surface area is 282 Å². The van der Waals surface area contributed by atoms with Crippen molar-refractivity contribution in [3.63, 3.8) is 0 Å². The van der Waals surface area contributed by atoms with E-state index in [4.69, 9.17) is 23.8 Å². The van der Waals surface area contributed by atoms with Crippen LogP contribution < -0.4 is 0 Å². The SMILES string of the molecule is O=C1[C@H](OCc2ccccc2)[C@@H](OCc2ccccc2)[C@H](OCc2ccccc2)[C@H](COCc2ccccc2)N1OCc1ccccc1. The fraction of sp³-hybridized carbons (Fsp3) is 0.244. The summed E-state index contributed by atoms with van der Waals surface area (Å²) >= 11 is 0. The Hall–Kier alpha value is -4.63. The number of hydrogen-bond acceptors (Lipinski definition) is 6. The average Bonchev–Trinajstić information content (AvgIpc) is 3.15. The molecule has 246 valence electrons. The van der Waals surface area contributed by atoms with Crippen LogP contribution in [0.1, 0.15) is 27.8 Å². The topological polar surface area (TPSA) is 66.5 Å². The van der Waals surface area contributed by atoms with Gasteiger partial charge in [0.25, 0.3) is 5.91 Å². The molecule has 1 aliphatic rings. The summed E-state index contributed by atoms with van der Waals surface area (Å²) in [6, 6.07) is 48.8. The largest absolute Gasteiger partial charge is 0.374 e. The summed E-state index contributed by atoms with van der Waals surface area (Å²) in [4.78, 5) is 20.9. The van der Waals surface area contributed by atoms with E-state index in [0.717, 1.165) is 27.8 Å². The van der Waals surface area contributed by atoms with E-state index in [9.17, 15) is 4.79 Å². The Morgan fingerprint density at radius 2 is 0.812 bits per heavy atom. The van der Waals surface area contributed by atoms with E-state index in [0.29, 0.717) is 13.2 Å². The van der Waals surface area contributed by atoms with Gasteiger partial charge in [-0.15, -0.1) is 0 Å². The molecule has 1 heterocycles. The summed E-state index contributed by atoms with van der Waals surface area (Å²) in [5.74, 6) is -0.340. The number of hydroxylamine groups is 2. The van der Waals surface area contributed by atoms with E-state index in [1.807, 2.05) is 152 Å². The van der Waals surface area contributed by atoms with E-state index >= 15 is 0 Å². The van der Waals surface area contributed by atoms with Crippen molar-refractivity contribution in [3.8, 4) is 0 Å². The van der Waals surface area contributed by atoms with Gasteiger partial charge in [-0.25, -0.2) is 5.06 Å². The molecule has 7 nitrogen and oxygen atoms in total. The number of nitrogens with zero attached hydrogens (tertiary/aromatic N) is 1. The minimum atomic E-state index is -1.00. The van der Waals surface area contributed by atoms with Gasteiger partial charge in [-0.05, 0) is 27.8 Å². The lowest BCUT2D eigenvalue weighted by Gasteiger charge is -2.46. The Kier molecular flexibility index (Phi) is 12.1. The summed E-state index contributed by atoms with van der Waals surface area (Å²) in [7, 11) is 0. The predicted octanol–water partition coefficient (Wildman–Crippen LogP) is 7.30. The zero-order valence-corrected chi connectivity index (χ0v) is 26.9. The first-order valence-electron chi connectivity index (χ1n) is 16.3. The minimum absolute atomic E-state index is 0.158. The van der Waals surface area contributed by atoms with E-state index in [1.54, 1.807) is 0 Å². The number of benzene rings is 5. The predicted molar refractivity (Wildman–Crippen MR) is 183 cm³/mol. The van der Waals surface area contributed by atoms with Gasteiger partial charge >= 0.3 is 0 Å². The van der Waals surface area contributed by atoms with Crippen LogP contribution in [0, 0.1) is 0 Å². The second-order valence-corrected chi connectivity index (χ2v) is 11.7. The van der Waals surface area contributed by atoms with Gasteiger partial charge in [0, 0.05) is 0 Å². The standard InChI is InChI=1S/C41H41NO6/c43-41-40(47-29-35-22-12-4-13-23-35)39(46-28-34-20-10-3-11-21-34)38(45-27-33-18-8-2-9-19-33)37(31-44-26-32-16-6-1-7-17-32)42(41)48-30-36-24-14-5-15-25-36/h1-25,37-40H,26-31H2/t37-,38+,39-,40+/m0/s1. The quantitative estimate of drug-likeness (QED) is 0.112. The molecule has 4 atom stereocenters. The first-order chi connectivity index (χ1) is 23.7. The Bertz CT molecular complexity index is 1640. The zero-order valence-electron chi connectivity index (χ0n) is 26.9. The molecule has 6 rings (SSSR count). The lowest BCUT2D eigenvalue weighted by Crippen LogP contribution is -2.67. The highest BCUT2D eigenvalue weighted by atomic mass is 16.7. The highest BCUT2D eigenvalue weighted by Crippen LogP contribution is 2.31.